The van der Waals surface area contributed by atoms with Gasteiger partial charge in [0.25, 0.3) is 0 Å². The number of rotatable bonds is 3. The van der Waals surface area contributed by atoms with Crippen molar-refractivity contribution in [3.8, 4) is 0 Å². The molecule has 18 heavy (non-hydrogen) atoms. The van der Waals surface area contributed by atoms with Gasteiger partial charge in [-0.15, -0.1) is 0 Å². The molecule has 2 saturated carbocycles. The van der Waals surface area contributed by atoms with E-state index in [1.54, 1.807) is 0 Å². The van der Waals surface area contributed by atoms with Crippen molar-refractivity contribution in [1.82, 2.24) is 0 Å². The molecule has 0 radical (unpaired) electrons. The van der Waals surface area contributed by atoms with E-state index in [0.29, 0.717) is 5.41 Å². The standard InChI is InChI=1S/C15H17NO2/c1-11(12-6-3-2-4-7-12)16-18-14(17)13-10-15(13)8-5-9-15/h2-4,6-7,13H,5,8-10H2,1H3/b16-11+/t13-/m0/s1. The zero-order valence-electron chi connectivity index (χ0n) is 10.6. The van der Waals surface area contributed by atoms with Gasteiger partial charge in [0, 0.05) is 0 Å². The third-order valence-electron chi connectivity index (χ3n) is 4.29. The van der Waals surface area contributed by atoms with E-state index in [1.807, 2.05) is 37.3 Å². The van der Waals surface area contributed by atoms with E-state index in [4.69, 9.17) is 4.84 Å². The molecule has 0 amide bonds. The average Bonchev–Trinajstić information content (AvgIpc) is 3.12. The van der Waals surface area contributed by atoms with Gasteiger partial charge < -0.3 is 4.84 Å². The summed E-state index contributed by atoms with van der Waals surface area (Å²) < 4.78 is 0. The number of carbonyl (C=O) groups excluding carboxylic acids is 1. The number of oxime groups is 1. The number of hydrogen-bond donors (Lipinski definition) is 0. The number of nitrogens with zero attached hydrogens (tertiary/aromatic N) is 1. The van der Waals surface area contributed by atoms with Crippen LogP contribution in [0.1, 0.15) is 38.2 Å². The second kappa shape index (κ2) is 4.23. The Labute approximate surface area is 107 Å². The molecular formula is C15H17NO2. The van der Waals surface area contributed by atoms with Crippen LogP contribution in [0.15, 0.2) is 35.5 Å². The van der Waals surface area contributed by atoms with Gasteiger partial charge in [0.15, 0.2) is 0 Å². The third-order valence-corrected chi connectivity index (χ3v) is 4.29. The molecular weight excluding hydrogens is 226 g/mol. The first kappa shape index (κ1) is 11.5. The van der Waals surface area contributed by atoms with Crippen LogP contribution in [0.3, 0.4) is 0 Å². The fourth-order valence-corrected chi connectivity index (χ4v) is 2.77. The molecule has 3 nitrogen and oxygen atoms in total. The molecule has 0 N–H and O–H groups in total. The van der Waals surface area contributed by atoms with Gasteiger partial charge in [-0.2, -0.15) is 0 Å². The summed E-state index contributed by atoms with van der Waals surface area (Å²) in [5.41, 5.74) is 2.04. The van der Waals surface area contributed by atoms with Crippen LogP contribution < -0.4 is 0 Å². The predicted molar refractivity (Wildman–Crippen MR) is 69.1 cm³/mol. The number of carbonyl (C=O) groups is 1. The van der Waals surface area contributed by atoms with Gasteiger partial charge in [0.2, 0.25) is 0 Å². The lowest BCUT2D eigenvalue weighted by atomic mass is 9.80. The van der Waals surface area contributed by atoms with Crippen LogP contribution in [0.5, 0.6) is 0 Å². The Morgan fingerprint density at radius 3 is 2.61 bits per heavy atom. The fraction of sp³-hybridized carbons (Fsp3) is 0.467. The third kappa shape index (κ3) is 1.94. The van der Waals surface area contributed by atoms with Crippen molar-refractivity contribution in [2.75, 3.05) is 0 Å². The van der Waals surface area contributed by atoms with E-state index in [-0.39, 0.29) is 11.9 Å². The smallest absolute Gasteiger partial charge is 0.318 e. The maximum absolute atomic E-state index is 11.8. The minimum absolute atomic E-state index is 0.110. The molecule has 0 heterocycles. The predicted octanol–water partition coefficient (Wildman–Crippen LogP) is 3.14. The number of benzene rings is 1. The summed E-state index contributed by atoms with van der Waals surface area (Å²) in [5, 5.41) is 3.95. The zero-order valence-corrected chi connectivity index (χ0v) is 10.6. The molecule has 1 spiro atoms. The molecule has 2 aliphatic rings. The van der Waals surface area contributed by atoms with Gasteiger partial charge in [0.05, 0.1) is 11.6 Å². The first-order valence-corrected chi connectivity index (χ1v) is 6.52. The van der Waals surface area contributed by atoms with Gasteiger partial charge in [-0.1, -0.05) is 41.9 Å². The van der Waals surface area contributed by atoms with Gasteiger partial charge >= 0.3 is 5.97 Å². The van der Waals surface area contributed by atoms with E-state index in [0.717, 1.165) is 17.7 Å². The van der Waals surface area contributed by atoms with E-state index in [1.165, 1.54) is 19.3 Å². The molecule has 0 aliphatic heterocycles. The molecule has 0 bridgehead atoms. The molecule has 3 rings (SSSR count). The highest BCUT2D eigenvalue weighted by atomic mass is 16.7. The van der Waals surface area contributed by atoms with E-state index >= 15 is 0 Å². The maximum atomic E-state index is 11.8. The van der Waals surface area contributed by atoms with Crippen molar-refractivity contribution in [2.24, 2.45) is 16.5 Å². The Balaban J connectivity index is 1.59. The highest BCUT2D eigenvalue weighted by molar-refractivity contribution is 5.98. The Hall–Kier alpha value is -1.64. The first-order chi connectivity index (χ1) is 8.71. The summed E-state index contributed by atoms with van der Waals surface area (Å²) in [6.45, 7) is 1.86. The Morgan fingerprint density at radius 1 is 1.33 bits per heavy atom. The lowest BCUT2D eigenvalue weighted by molar-refractivity contribution is -0.146. The van der Waals surface area contributed by atoms with Crippen molar-refractivity contribution in [3.05, 3.63) is 35.9 Å². The molecule has 2 aliphatic carbocycles. The van der Waals surface area contributed by atoms with Gasteiger partial charge in [-0.25, -0.2) is 4.79 Å². The summed E-state index contributed by atoms with van der Waals surface area (Å²) in [7, 11) is 0. The van der Waals surface area contributed by atoms with Crippen LogP contribution in [-0.4, -0.2) is 11.7 Å². The summed E-state index contributed by atoms with van der Waals surface area (Å²) in [6.07, 6.45) is 4.64. The van der Waals surface area contributed by atoms with E-state index in [9.17, 15) is 4.79 Å². The molecule has 1 aromatic rings. The minimum Gasteiger partial charge on any atom is -0.318 e. The monoisotopic (exact) mass is 243 g/mol. The summed E-state index contributed by atoms with van der Waals surface area (Å²) in [6, 6.07) is 9.75. The SMILES string of the molecule is C/C(=N\OC(=O)[C@@H]1CC12CCC2)c1ccccc1. The topological polar surface area (TPSA) is 38.7 Å². The largest absolute Gasteiger partial charge is 0.338 e. The molecule has 1 aromatic carbocycles. The van der Waals surface area contributed by atoms with Crippen molar-refractivity contribution < 1.29 is 9.63 Å². The minimum atomic E-state index is -0.148. The molecule has 0 saturated heterocycles. The zero-order chi connectivity index (χ0) is 12.6. The van der Waals surface area contributed by atoms with Gasteiger partial charge in [0.1, 0.15) is 0 Å². The van der Waals surface area contributed by atoms with Crippen molar-refractivity contribution in [3.63, 3.8) is 0 Å². The first-order valence-electron chi connectivity index (χ1n) is 6.52. The molecule has 3 heteroatoms. The van der Waals surface area contributed by atoms with E-state index < -0.39 is 0 Å². The Kier molecular flexibility index (Phi) is 2.69. The molecule has 1 atom stereocenters. The highest BCUT2D eigenvalue weighted by Crippen LogP contribution is 2.65. The lowest BCUT2D eigenvalue weighted by Crippen LogP contribution is -2.19. The fourth-order valence-electron chi connectivity index (χ4n) is 2.77. The summed E-state index contributed by atoms with van der Waals surface area (Å²) in [5.74, 6) is -0.0384. The normalized spacial score (nSPS) is 24.5. The summed E-state index contributed by atoms with van der Waals surface area (Å²) >= 11 is 0. The van der Waals surface area contributed by atoms with Gasteiger partial charge in [-0.3, -0.25) is 0 Å². The quantitative estimate of drug-likeness (QED) is 0.464. The second-order valence-corrected chi connectivity index (χ2v) is 5.43. The molecule has 0 aromatic heterocycles. The molecule has 94 valence electrons. The van der Waals surface area contributed by atoms with Crippen molar-refractivity contribution in [1.29, 1.82) is 0 Å². The Morgan fingerprint density at radius 2 is 2.06 bits per heavy atom. The average molecular weight is 243 g/mol. The van der Waals surface area contributed by atoms with Crippen LogP contribution in [-0.2, 0) is 9.63 Å². The second-order valence-electron chi connectivity index (χ2n) is 5.43. The van der Waals surface area contributed by atoms with Crippen LogP contribution >= 0.6 is 0 Å². The molecule has 2 fully saturated rings. The molecule has 0 unspecified atom stereocenters. The van der Waals surface area contributed by atoms with Crippen LogP contribution in [0.2, 0.25) is 0 Å². The van der Waals surface area contributed by atoms with Crippen molar-refractivity contribution in [2.45, 2.75) is 32.6 Å². The number of hydrogen-bond acceptors (Lipinski definition) is 3. The van der Waals surface area contributed by atoms with Crippen molar-refractivity contribution >= 4 is 11.7 Å². The maximum Gasteiger partial charge on any atom is 0.338 e. The van der Waals surface area contributed by atoms with Gasteiger partial charge in [-0.05, 0) is 37.2 Å². The summed E-state index contributed by atoms with van der Waals surface area (Å²) in [4.78, 5) is 16.9. The van der Waals surface area contributed by atoms with E-state index in [2.05, 4.69) is 5.16 Å². The lowest BCUT2D eigenvalue weighted by Gasteiger charge is -2.25. The Bertz CT molecular complexity index is 488. The van der Waals surface area contributed by atoms with Crippen LogP contribution in [0, 0.1) is 11.3 Å². The van der Waals surface area contributed by atoms with Crippen LogP contribution in [0.4, 0.5) is 0 Å². The highest BCUT2D eigenvalue weighted by Gasteiger charge is 2.62. The van der Waals surface area contributed by atoms with Crippen LogP contribution in [0.25, 0.3) is 0 Å².